The lowest BCUT2D eigenvalue weighted by atomic mass is 9.97. The molecule has 0 spiro atoms. The van der Waals surface area contributed by atoms with Crippen molar-refractivity contribution in [3.8, 4) is 0 Å². The number of aliphatic hydroxyl groups excluding tert-OH is 1. The van der Waals surface area contributed by atoms with Crippen LogP contribution in [0.25, 0.3) is 0 Å². The third-order valence-corrected chi connectivity index (χ3v) is 1.99. The molecule has 0 unspecified atom stereocenters. The highest BCUT2D eigenvalue weighted by molar-refractivity contribution is 5.92. The molecule has 0 aliphatic carbocycles. The summed E-state index contributed by atoms with van der Waals surface area (Å²) in [5, 5.41) is 8.53. The monoisotopic (exact) mass is 222 g/mol. The fraction of sp³-hybridized carbons (Fsp3) is 0.182. The summed E-state index contributed by atoms with van der Waals surface area (Å²) in [5.74, 6) is -1.04. The molecule has 0 bridgehead atoms. The summed E-state index contributed by atoms with van der Waals surface area (Å²) in [6.07, 6.45) is 0.450. The fourth-order valence-electron chi connectivity index (χ4n) is 1.19. The minimum Gasteiger partial charge on any atom is -0.437 e. The number of esters is 1. The number of hydrogen-bond acceptors (Lipinski definition) is 5. The Morgan fingerprint density at radius 3 is 2.25 bits per heavy atom. The Morgan fingerprint density at radius 1 is 1.25 bits per heavy atom. The van der Waals surface area contributed by atoms with Crippen molar-refractivity contribution >= 4 is 18.5 Å². The molecule has 0 saturated heterocycles. The van der Waals surface area contributed by atoms with E-state index in [9.17, 15) is 14.4 Å². The third-order valence-electron chi connectivity index (χ3n) is 1.99. The van der Waals surface area contributed by atoms with Crippen LogP contribution in [0.2, 0.25) is 0 Å². The van der Waals surface area contributed by atoms with Crippen LogP contribution in [0, 0.1) is 0 Å². The van der Waals surface area contributed by atoms with Gasteiger partial charge >= 0.3 is 5.97 Å². The molecule has 0 aliphatic rings. The van der Waals surface area contributed by atoms with E-state index in [2.05, 4.69) is 4.74 Å². The Morgan fingerprint density at radius 2 is 1.81 bits per heavy atom. The second-order valence-corrected chi connectivity index (χ2v) is 3.03. The van der Waals surface area contributed by atoms with Gasteiger partial charge in [-0.1, -0.05) is 30.3 Å². The van der Waals surface area contributed by atoms with Gasteiger partial charge in [-0.25, -0.2) is 4.79 Å². The van der Waals surface area contributed by atoms with Crippen molar-refractivity contribution in [2.75, 3.05) is 6.61 Å². The Labute approximate surface area is 91.6 Å². The molecule has 0 amide bonds. The molecule has 0 atom stereocenters. The normalized spacial score (nSPS) is 10.6. The third kappa shape index (κ3) is 2.32. The van der Waals surface area contributed by atoms with E-state index < -0.39 is 18.2 Å². The van der Waals surface area contributed by atoms with Crippen molar-refractivity contribution in [2.24, 2.45) is 0 Å². The molecule has 0 fully saturated rings. The standard InChI is InChI=1S/C11H10O5/c12-6-10(15)16-11(7-13,8-14)9-4-2-1-3-5-9/h1-5,7-8,12H,6H2. The fourth-order valence-corrected chi connectivity index (χ4v) is 1.19. The van der Waals surface area contributed by atoms with Crippen LogP contribution in [0.15, 0.2) is 30.3 Å². The van der Waals surface area contributed by atoms with E-state index >= 15 is 0 Å². The van der Waals surface area contributed by atoms with Crippen molar-refractivity contribution in [1.82, 2.24) is 0 Å². The number of carbonyl (C=O) groups is 3. The zero-order valence-corrected chi connectivity index (χ0v) is 8.33. The summed E-state index contributed by atoms with van der Waals surface area (Å²) in [6.45, 7) is -0.893. The maximum Gasteiger partial charge on any atom is 0.333 e. The van der Waals surface area contributed by atoms with Crippen molar-refractivity contribution in [3.63, 3.8) is 0 Å². The van der Waals surface area contributed by atoms with Crippen LogP contribution in [-0.2, 0) is 24.7 Å². The largest absolute Gasteiger partial charge is 0.437 e. The average molecular weight is 222 g/mol. The Balaban J connectivity index is 3.11. The van der Waals surface area contributed by atoms with E-state index in [0.29, 0.717) is 0 Å². The molecular formula is C11H10O5. The number of carbonyl (C=O) groups excluding carboxylic acids is 3. The second-order valence-electron chi connectivity index (χ2n) is 3.03. The highest BCUT2D eigenvalue weighted by atomic mass is 16.6. The quantitative estimate of drug-likeness (QED) is 0.424. The molecule has 0 aromatic heterocycles. The highest BCUT2D eigenvalue weighted by Crippen LogP contribution is 2.21. The number of hydrogen-bond donors (Lipinski definition) is 1. The minimum absolute atomic E-state index is 0.225. The van der Waals surface area contributed by atoms with Crippen LogP contribution in [0.3, 0.4) is 0 Å². The molecule has 16 heavy (non-hydrogen) atoms. The van der Waals surface area contributed by atoms with Crippen LogP contribution < -0.4 is 0 Å². The van der Waals surface area contributed by atoms with E-state index in [1.165, 1.54) is 12.1 Å². The molecule has 0 heterocycles. The molecule has 1 N–H and O–H groups in total. The zero-order chi connectivity index (χ0) is 12.0. The van der Waals surface area contributed by atoms with Crippen molar-refractivity contribution < 1.29 is 24.2 Å². The first-order chi connectivity index (χ1) is 7.68. The summed E-state index contributed by atoms with van der Waals surface area (Å²) < 4.78 is 4.65. The summed E-state index contributed by atoms with van der Waals surface area (Å²) in [5.41, 5.74) is -1.73. The molecule has 1 aromatic rings. The van der Waals surface area contributed by atoms with Crippen LogP contribution in [0.5, 0.6) is 0 Å². The molecule has 1 aromatic carbocycles. The van der Waals surface area contributed by atoms with Crippen LogP contribution in [-0.4, -0.2) is 30.3 Å². The van der Waals surface area contributed by atoms with Gasteiger partial charge in [-0.3, -0.25) is 9.59 Å². The number of rotatable bonds is 5. The van der Waals surface area contributed by atoms with E-state index in [1.807, 2.05) is 0 Å². The van der Waals surface area contributed by atoms with E-state index in [4.69, 9.17) is 5.11 Å². The van der Waals surface area contributed by atoms with Gasteiger partial charge in [-0.2, -0.15) is 0 Å². The van der Waals surface area contributed by atoms with Gasteiger partial charge in [0.15, 0.2) is 12.6 Å². The van der Waals surface area contributed by atoms with Gasteiger partial charge in [0.25, 0.3) is 0 Å². The molecular weight excluding hydrogens is 212 g/mol. The van der Waals surface area contributed by atoms with E-state index in [-0.39, 0.29) is 18.1 Å². The lowest BCUT2D eigenvalue weighted by molar-refractivity contribution is -0.168. The van der Waals surface area contributed by atoms with Gasteiger partial charge in [0.1, 0.15) is 6.61 Å². The predicted octanol–water partition coefficient (Wildman–Crippen LogP) is -0.185. The van der Waals surface area contributed by atoms with Gasteiger partial charge in [0, 0.05) is 5.56 Å². The number of benzene rings is 1. The van der Waals surface area contributed by atoms with Crippen LogP contribution in [0.4, 0.5) is 0 Å². The number of aldehydes is 2. The topological polar surface area (TPSA) is 80.7 Å². The summed E-state index contributed by atoms with van der Waals surface area (Å²) in [4.78, 5) is 32.8. The van der Waals surface area contributed by atoms with Gasteiger partial charge in [-0.05, 0) is 0 Å². The van der Waals surface area contributed by atoms with E-state index in [0.717, 1.165) is 0 Å². The molecule has 0 saturated carbocycles. The smallest absolute Gasteiger partial charge is 0.333 e. The van der Waals surface area contributed by atoms with E-state index in [1.54, 1.807) is 18.2 Å². The Bertz CT molecular complexity index is 377. The first kappa shape index (κ1) is 12.1. The van der Waals surface area contributed by atoms with Crippen LogP contribution >= 0.6 is 0 Å². The average Bonchev–Trinajstić information content (AvgIpc) is 2.37. The molecule has 5 heteroatoms. The van der Waals surface area contributed by atoms with Gasteiger partial charge in [0.2, 0.25) is 5.60 Å². The summed E-state index contributed by atoms with van der Waals surface area (Å²) in [6, 6.07) is 7.85. The van der Waals surface area contributed by atoms with Crippen molar-refractivity contribution in [1.29, 1.82) is 0 Å². The summed E-state index contributed by atoms with van der Waals surface area (Å²) >= 11 is 0. The molecule has 5 nitrogen and oxygen atoms in total. The number of ether oxygens (including phenoxy) is 1. The summed E-state index contributed by atoms with van der Waals surface area (Å²) in [7, 11) is 0. The maximum atomic E-state index is 10.9. The molecule has 1 rings (SSSR count). The SMILES string of the molecule is O=CC(C=O)(OC(=O)CO)c1ccccc1. The molecule has 0 aliphatic heterocycles. The number of aliphatic hydroxyl groups is 1. The van der Waals surface area contributed by atoms with Crippen molar-refractivity contribution in [3.05, 3.63) is 35.9 Å². The van der Waals surface area contributed by atoms with Gasteiger partial charge in [-0.15, -0.1) is 0 Å². The Kier molecular flexibility index (Phi) is 3.90. The highest BCUT2D eigenvalue weighted by Gasteiger charge is 2.35. The zero-order valence-electron chi connectivity index (χ0n) is 8.33. The lowest BCUT2D eigenvalue weighted by Gasteiger charge is -2.21. The van der Waals surface area contributed by atoms with Gasteiger partial charge in [0.05, 0.1) is 0 Å². The first-order valence-electron chi connectivity index (χ1n) is 4.49. The lowest BCUT2D eigenvalue weighted by Crippen LogP contribution is -2.36. The Hall–Kier alpha value is -2.01. The predicted molar refractivity (Wildman–Crippen MR) is 53.4 cm³/mol. The second kappa shape index (κ2) is 5.18. The minimum atomic E-state index is -1.97. The molecule has 84 valence electrons. The maximum absolute atomic E-state index is 10.9. The molecule has 0 radical (unpaired) electrons. The van der Waals surface area contributed by atoms with Crippen LogP contribution in [0.1, 0.15) is 5.56 Å². The van der Waals surface area contributed by atoms with Crippen molar-refractivity contribution in [2.45, 2.75) is 5.60 Å². The first-order valence-corrected chi connectivity index (χ1v) is 4.49. The van der Waals surface area contributed by atoms with Gasteiger partial charge < -0.3 is 9.84 Å².